The van der Waals surface area contributed by atoms with Gasteiger partial charge in [-0.15, -0.1) is 11.8 Å². The predicted molar refractivity (Wildman–Crippen MR) is 97.8 cm³/mol. The van der Waals surface area contributed by atoms with Crippen LogP contribution in [0, 0.1) is 12.7 Å². The van der Waals surface area contributed by atoms with Gasteiger partial charge in [-0.3, -0.25) is 4.79 Å². The van der Waals surface area contributed by atoms with Gasteiger partial charge in [0.1, 0.15) is 11.6 Å². The second-order valence-electron chi connectivity index (χ2n) is 5.41. The lowest BCUT2D eigenvalue weighted by Gasteiger charge is -2.08. The van der Waals surface area contributed by atoms with E-state index >= 15 is 0 Å². The van der Waals surface area contributed by atoms with Crippen LogP contribution in [0.2, 0.25) is 0 Å². The lowest BCUT2D eigenvalue weighted by Crippen LogP contribution is -2.31. The Bertz CT molecular complexity index is 719. The van der Waals surface area contributed by atoms with Crippen LogP contribution in [0.3, 0.4) is 0 Å². The minimum Gasteiger partial charge on any atom is -0.482 e. The van der Waals surface area contributed by atoms with E-state index in [0.717, 1.165) is 10.6 Å². The Labute approximate surface area is 155 Å². The van der Waals surface area contributed by atoms with Gasteiger partial charge in [-0.25, -0.2) is 9.18 Å². The van der Waals surface area contributed by atoms with Crippen molar-refractivity contribution in [2.75, 3.05) is 25.5 Å². The molecular weight excluding hydrogens is 357 g/mol. The average Bonchev–Trinajstić information content (AvgIpc) is 2.64. The second kappa shape index (κ2) is 10.5. The Balaban J connectivity index is 1.55. The lowest BCUT2D eigenvalue weighted by atomic mass is 10.2. The highest BCUT2D eigenvalue weighted by Crippen LogP contribution is 2.17. The van der Waals surface area contributed by atoms with Crippen molar-refractivity contribution in [2.24, 2.45) is 0 Å². The minimum absolute atomic E-state index is 0.345. The number of hydrogen-bond donors (Lipinski definition) is 1. The summed E-state index contributed by atoms with van der Waals surface area (Å²) in [4.78, 5) is 24.3. The van der Waals surface area contributed by atoms with E-state index in [1.165, 1.54) is 29.8 Å². The Morgan fingerprint density at radius 2 is 1.73 bits per heavy atom. The fourth-order valence-corrected chi connectivity index (χ4v) is 2.67. The number of amides is 1. The van der Waals surface area contributed by atoms with Crippen molar-refractivity contribution in [3.63, 3.8) is 0 Å². The maximum Gasteiger partial charge on any atom is 0.344 e. The SMILES string of the molecule is Cc1ccc(SCCNC(=O)COC(=O)COc2ccc(F)cc2)cc1. The maximum absolute atomic E-state index is 12.7. The summed E-state index contributed by atoms with van der Waals surface area (Å²) in [6.45, 7) is 1.80. The van der Waals surface area contributed by atoms with Crippen molar-refractivity contribution >= 4 is 23.6 Å². The molecule has 0 spiro atoms. The third kappa shape index (κ3) is 7.57. The Hall–Kier alpha value is -2.54. The first-order valence-corrected chi connectivity index (χ1v) is 9.01. The zero-order valence-electron chi connectivity index (χ0n) is 14.4. The van der Waals surface area contributed by atoms with Gasteiger partial charge in [-0.2, -0.15) is 0 Å². The Morgan fingerprint density at radius 3 is 2.42 bits per heavy atom. The molecule has 1 N–H and O–H groups in total. The number of rotatable bonds is 9. The highest BCUT2D eigenvalue weighted by molar-refractivity contribution is 7.99. The molecule has 1 amide bonds. The molecule has 0 heterocycles. The summed E-state index contributed by atoms with van der Waals surface area (Å²) in [6, 6.07) is 13.4. The lowest BCUT2D eigenvalue weighted by molar-refractivity contribution is -0.150. The molecule has 138 valence electrons. The smallest absolute Gasteiger partial charge is 0.344 e. The molecule has 0 fully saturated rings. The summed E-state index contributed by atoms with van der Waals surface area (Å²) in [5, 5.41) is 2.68. The molecule has 0 aliphatic carbocycles. The van der Waals surface area contributed by atoms with Crippen molar-refractivity contribution in [2.45, 2.75) is 11.8 Å². The van der Waals surface area contributed by atoms with Crippen molar-refractivity contribution in [1.29, 1.82) is 0 Å². The summed E-state index contributed by atoms with van der Waals surface area (Å²) in [6.07, 6.45) is 0. The minimum atomic E-state index is -0.668. The van der Waals surface area contributed by atoms with Crippen LogP contribution < -0.4 is 10.1 Å². The molecule has 5 nitrogen and oxygen atoms in total. The number of halogens is 1. The van der Waals surface area contributed by atoms with Gasteiger partial charge in [0.2, 0.25) is 0 Å². The monoisotopic (exact) mass is 377 g/mol. The van der Waals surface area contributed by atoms with Gasteiger partial charge in [-0.1, -0.05) is 17.7 Å². The van der Waals surface area contributed by atoms with Gasteiger partial charge >= 0.3 is 5.97 Å². The Kier molecular flexibility index (Phi) is 7.95. The molecule has 2 rings (SSSR count). The van der Waals surface area contributed by atoms with Gasteiger partial charge in [-0.05, 0) is 43.3 Å². The van der Waals surface area contributed by atoms with E-state index in [0.29, 0.717) is 12.3 Å². The molecule has 0 aliphatic rings. The van der Waals surface area contributed by atoms with E-state index < -0.39 is 11.8 Å². The van der Waals surface area contributed by atoms with Crippen LogP contribution >= 0.6 is 11.8 Å². The largest absolute Gasteiger partial charge is 0.482 e. The van der Waals surface area contributed by atoms with Crippen LogP contribution in [-0.4, -0.2) is 37.4 Å². The molecule has 0 radical (unpaired) electrons. The summed E-state index contributed by atoms with van der Waals surface area (Å²) < 4.78 is 22.7. The third-order valence-corrected chi connectivity index (χ3v) is 4.26. The standard InChI is InChI=1S/C19H20FNO4S/c1-14-2-8-17(9-3-14)26-11-10-21-18(22)12-25-19(23)13-24-16-6-4-15(20)5-7-16/h2-9H,10-13H2,1H3,(H,21,22). The fourth-order valence-electron chi connectivity index (χ4n) is 1.91. The number of carbonyl (C=O) groups is 2. The third-order valence-electron chi connectivity index (χ3n) is 3.25. The number of ether oxygens (including phenoxy) is 2. The summed E-state index contributed by atoms with van der Waals surface area (Å²) >= 11 is 1.63. The number of aryl methyl sites for hydroxylation is 1. The zero-order valence-corrected chi connectivity index (χ0v) is 15.2. The molecule has 0 saturated carbocycles. The predicted octanol–water partition coefficient (Wildman–Crippen LogP) is 2.96. The van der Waals surface area contributed by atoms with Crippen LogP contribution in [0.15, 0.2) is 53.4 Å². The van der Waals surface area contributed by atoms with Crippen LogP contribution in [0.1, 0.15) is 5.56 Å². The summed E-state index contributed by atoms with van der Waals surface area (Å²) in [5.74, 6) is -0.364. The maximum atomic E-state index is 12.7. The fraction of sp³-hybridized carbons (Fsp3) is 0.263. The van der Waals surface area contributed by atoms with Gasteiger partial charge in [0.05, 0.1) is 0 Å². The number of thioether (sulfide) groups is 1. The molecule has 2 aromatic carbocycles. The van der Waals surface area contributed by atoms with Crippen LogP contribution in [0.5, 0.6) is 5.75 Å². The second-order valence-corrected chi connectivity index (χ2v) is 6.58. The van der Waals surface area contributed by atoms with E-state index in [1.54, 1.807) is 11.8 Å². The Morgan fingerprint density at radius 1 is 1.04 bits per heavy atom. The molecule has 0 saturated heterocycles. The molecule has 2 aromatic rings. The van der Waals surface area contributed by atoms with Crippen molar-refractivity contribution < 1.29 is 23.5 Å². The van der Waals surface area contributed by atoms with E-state index in [2.05, 4.69) is 5.32 Å². The molecule has 7 heteroatoms. The van der Waals surface area contributed by atoms with Gasteiger partial charge < -0.3 is 14.8 Å². The normalized spacial score (nSPS) is 10.2. The topological polar surface area (TPSA) is 64.6 Å². The van der Waals surface area contributed by atoms with Crippen molar-refractivity contribution in [3.8, 4) is 5.75 Å². The van der Waals surface area contributed by atoms with Gasteiger partial charge in [0.15, 0.2) is 13.2 Å². The number of hydrogen-bond acceptors (Lipinski definition) is 5. The van der Waals surface area contributed by atoms with E-state index in [4.69, 9.17) is 9.47 Å². The average molecular weight is 377 g/mol. The van der Waals surface area contributed by atoms with Gasteiger partial charge in [0, 0.05) is 17.2 Å². The molecular formula is C19H20FNO4S. The first-order valence-electron chi connectivity index (χ1n) is 8.03. The van der Waals surface area contributed by atoms with E-state index in [-0.39, 0.29) is 19.1 Å². The van der Waals surface area contributed by atoms with Crippen molar-refractivity contribution in [3.05, 3.63) is 59.9 Å². The molecule has 0 aliphatic heterocycles. The highest BCUT2D eigenvalue weighted by Gasteiger charge is 2.08. The van der Waals surface area contributed by atoms with Crippen LogP contribution in [0.25, 0.3) is 0 Å². The zero-order chi connectivity index (χ0) is 18.8. The quantitative estimate of drug-likeness (QED) is 0.414. The molecule has 26 heavy (non-hydrogen) atoms. The van der Waals surface area contributed by atoms with E-state index in [9.17, 15) is 14.0 Å². The van der Waals surface area contributed by atoms with Crippen molar-refractivity contribution in [1.82, 2.24) is 5.32 Å². The molecule has 0 aromatic heterocycles. The van der Waals surface area contributed by atoms with Crippen LogP contribution in [0.4, 0.5) is 4.39 Å². The first kappa shape index (κ1) is 19.8. The highest BCUT2D eigenvalue weighted by atomic mass is 32.2. The summed E-state index contributed by atoms with van der Waals surface area (Å²) in [5.41, 5.74) is 1.20. The number of nitrogens with one attached hydrogen (secondary N) is 1. The van der Waals surface area contributed by atoms with Crippen LogP contribution in [-0.2, 0) is 14.3 Å². The molecule has 0 bridgehead atoms. The van der Waals surface area contributed by atoms with E-state index in [1.807, 2.05) is 31.2 Å². The molecule has 0 atom stereocenters. The number of benzene rings is 2. The molecule has 0 unspecified atom stereocenters. The number of esters is 1. The van der Waals surface area contributed by atoms with Gasteiger partial charge in [0.25, 0.3) is 5.91 Å². The number of carbonyl (C=O) groups excluding carboxylic acids is 2. The first-order chi connectivity index (χ1) is 12.5. The summed E-state index contributed by atoms with van der Waals surface area (Å²) in [7, 11) is 0.